The zero-order valence-electron chi connectivity index (χ0n) is 29.2. The van der Waals surface area contributed by atoms with Crippen molar-refractivity contribution < 1.29 is 55.7 Å². The molecule has 0 aliphatic carbocycles. The number of hydrogen-bond acceptors (Lipinski definition) is 10. The Bertz CT molecular complexity index is 2130. The molecule has 5 aromatic rings. The highest BCUT2D eigenvalue weighted by molar-refractivity contribution is 6.32. The van der Waals surface area contributed by atoms with Gasteiger partial charge >= 0.3 is 24.3 Å². The molecule has 1 unspecified atom stereocenters. The lowest BCUT2D eigenvalue weighted by Gasteiger charge is -2.23. The number of pyridine rings is 1. The normalized spacial score (nSPS) is 11.9. The van der Waals surface area contributed by atoms with Crippen molar-refractivity contribution in [2.24, 2.45) is 7.05 Å². The Morgan fingerprint density at radius 1 is 1.00 bits per heavy atom. The first-order valence-corrected chi connectivity index (χ1v) is 15.6. The lowest BCUT2D eigenvalue weighted by Crippen LogP contribution is -2.22. The van der Waals surface area contributed by atoms with Gasteiger partial charge in [0.15, 0.2) is 5.65 Å². The summed E-state index contributed by atoms with van der Waals surface area (Å²) in [5, 5.41) is 24.7. The van der Waals surface area contributed by atoms with Crippen molar-refractivity contribution in [1.82, 2.24) is 39.4 Å². The van der Waals surface area contributed by atoms with E-state index < -0.39 is 24.3 Å². The number of nitrogen functional groups attached to an aromatic ring is 1. The van der Waals surface area contributed by atoms with Crippen LogP contribution in [0, 0.1) is 6.92 Å². The number of fused-ring (bicyclic) bond motifs is 1. The average molecular weight is 788 g/mol. The van der Waals surface area contributed by atoms with Gasteiger partial charge in [-0.05, 0) is 38.5 Å². The molecule has 1 atom stereocenters. The second-order valence-corrected chi connectivity index (χ2v) is 11.7. The van der Waals surface area contributed by atoms with Gasteiger partial charge in [0.25, 0.3) is 5.91 Å². The third-order valence-electron chi connectivity index (χ3n) is 7.27. The fraction of sp³-hybridized carbons (Fsp3) is 0.312. The van der Waals surface area contributed by atoms with Crippen molar-refractivity contribution in [3.63, 3.8) is 0 Å². The minimum Gasteiger partial charge on any atom is -0.493 e. The maximum Gasteiger partial charge on any atom is 0.490 e. The minimum absolute atomic E-state index is 0.176. The average Bonchev–Trinajstić information content (AvgIpc) is 3.70. The third-order valence-corrected chi connectivity index (χ3v) is 7.66. The lowest BCUT2D eigenvalue weighted by molar-refractivity contribution is -0.193. The largest absolute Gasteiger partial charge is 0.493 e. The molecule has 5 rings (SSSR count). The van der Waals surface area contributed by atoms with Crippen LogP contribution in [0.25, 0.3) is 33.4 Å². The van der Waals surface area contributed by atoms with E-state index in [-0.39, 0.29) is 11.9 Å². The zero-order chi connectivity index (χ0) is 40.9. The topological polar surface area (TPSA) is 204 Å². The van der Waals surface area contributed by atoms with Crippen molar-refractivity contribution in [3.05, 3.63) is 65.0 Å². The molecule has 0 bridgehead atoms. The number of nitrogens with zero attached hydrogens (tertiary/aromatic N) is 8. The molecule has 54 heavy (non-hydrogen) atoms. The quantitative estimate of drug-likeness (QED) is 0.167. The Hall–Kier alpha value is -5.99. The summed E-state index contributed by atoms with van der Waals surface area (Å²) in [6.45, 7) is 6.29. The summed E-state index contributed by atoms with van der Waals surface area (Å²) in [6.07, 6.45) is -3.47. The second kappa shape index (κ2) is 16.8. The Morgan fingerprint density at radius 3 is 2.06 bits per heavy atom. The van der Waals surface area contributed by atoms with E-state index in [1.807, 2.05) is 46.1 Å². The van der Waals surface area contributed by atoms with E-state index in [9.17, 15) is 31.1 Å². The van der Waals surface area contributed by atoms with Gasteiger partial charge in [0.1, 0.15) is 29.3 Å². The number of aryl methyl sites for hydroxylation is 1. The highest BCUT2D eigenvalue weighted by atomic mass is 35.5. The molecule has 0 saturated heterocycles. The van der Waals surface area contributed by atoms with Gasteiger partial charge in [-0.2, -0.15) is 36.5 Å². The predicted octanol–water partition coefficient (Wildman–Crippen LogP) is 5.81. The number of hydrogen-bond donors (Lipinski definition) is 3. The lowest BCUT2D eigenvalue weighted by atomic mass is 9.94. The number of rotatable bonds is 7. The van der Waals surface area contributed by atoms with Gasteiger partial charge in [-0.15, -0.1) is 0 Å². The monoisotopic (exact) mass is 787 g/mol. The molecule has 0 fully saturated rings. The summed E-state index contributed by atoms with van der Waals surface area (Å²) < 4.78 is 73.3. The number of halogens is 7. The molecule has 1 aromatic carbocycles. The Labute approximate surface area is 306 Å². The minimum atomic E-state index is -5.08. The van der Waals surface area contributed by atoms with Crippen molar-refractivity contribution in [1.29, 1.82) is 0 Å². The summed E-state index contributed by atoms with van der Waals surface area (Å²) in [4.78, 5) is 44.9. The summed E-state index contributed by atoms with van der Waals surface area (Å²) >= 11 is 6.82. The highest BCUT2D eigenvalue weighted by Crippen LogP contribution is 2.44. The molecule has 0 spiro atoms. The number of carboxylic acid groups (broad SMARTS) is 2. The number of amides is 1. The Balaban J connectivity index is 0.000000476. The van der Waals surface area contributed by atoms with Crippen molar-refractivity contribution >= 4 is 46.3 Å². The fourth-order valence-corrected chi connectivity index (χ4v) is 4.95. The number of benzene rings is 1. The van der Waals surface area contributed by atoms with Crippen LogP contribution in [0.2, 0.25) is 5.02 Å². The van der Waals surface area contributed by atoms with Gasteiger partial charge in [0.05, 0.1) is 24.2 Å². The van der Waals surface area contributed by atoms with Crippen LogP contribution in [0.3, 0.4) is 0 Å². The molecule has 22 heteroatoms. The molecule has 1 amide bonds. The number of aliphatic carboxylic acids is 2. The van der Waals surface area contributed by atoms with E-state index >= 15 is 0 Å². The van der Waals surface area contributed by atoms with E-state index in [2.05, 4.69) is 20.1 Å². The number of nitrogens with two attached hydrogens (primary N) is 1. The van der Waals surface area contributed by atoms with E-state index in [4.69, 9.17) is 47.0 Å². The van der Waals surface area contributed by atoms with Crippen LogP contribution in [-0.4, -0.2) is 101 Å². The SMILES string of the molecule is CCOc1c(C(C)n2nc(-c3cnn(C)c3)c3c(N)ncnc32)cc(Cl)c(C)c1-c1ccc(C(=O)N(C)C)nc1.O=C(O)C(F)(F)F.O=C(O)C(F)(F)F. The van der Waals surface area contributed by atoms with E-state index in [0.717, 1.165) is 27.8 Å². The maximum absolute atomic E-state index is 12.4. The maximum atomic E-state index is 12.4. The van der Waals surface area contributed by atoms with Gasteiger partial charge in [0.2, 0.25) is 0 Å². The van der Waals surface area contributed by atoms with Gasteiger partial charge in [0, 0.05) is 60.8 Å². The highest BCUT2D eigenvalue weighted by Gasteiger charge is 2.39. The molecule has 0 radical (unpaired) electrons. The van der Waals surface area contributed by atoms with Crippen molar-refractivity contribution in [2.45, 2.75) is 39.2 Å². The Kier molecular flexibility index (Phi) is 13.2. The molecule has 15 nitrogen and oxygen atoms in total. The summed E-state index contributed by atoms with van der Waals surface area (Å²) in [7, 11) is 5.22. The molecule has 4 N–H and O–H groups in total. The van der Waals surface area contributed by atoms with Gasteiger partial charge in [-0.1, -0.05) is 17.7 Å². The van der Waals surface area contributed by atoms with Crippen molar-refractivity contribution in [2.75, 3.05) is 26.4 Å². The van der Waals surface area contributed by atoms with E-state index in [1.54, 1.807) is 41.9 Å². The van der Waals surface area contributed by atoms with E-state index in [0.29, 0.717) is 45.6 Å². The number of carbonyl (C=O) groups excluding carboxylic acids is 1. The van der Waals surface area contributed by atoms with Crippen LogP contribution in [0.4, 0.5) is 32.2 Å². The van der Waals surface area contributed by atoms with Gasteiger partial charge in [-0.25, -0.2) is 24.2 Å². The molecule has 0 aliphatic rings. The van der Waals surface area contributed by atoms with Crippen LogP contribution in [0.5, 0.6) is 5.75 Å². The summed E-state index contributed by atoms with van der Waals surface area (Å²) in [6, 6.07) is 5.10. The van der Waals surface area contributed by atoms with Crippen LogP contribution in [0.1, 0.15) is 41.5 Å². The van der Waals surface area contributed by atoms with Crippen LogP contribution < -0.4 is 10.5 Å². The number of anilines is 1. The van der Waals surface area contributed by atoms with Crippen LogP contribution >= 0.6 is 11.6 Å². The number of carbonyl (C=O) groups is 3. The first-order chi connectivity index (χ1) is 25.0. The molecular weight excluding hydrogens is 756 g/mol. The molecule has 0 aliphatic heterocycles. The molecule has 4 heterocycles. The second-order valence-electron chi connectivity index (χ2n) is 11.3. The number of ether oxygens (including phenoxy) is 1. The molecule has 290 valence electrons. The Morgan fingerprint density at radius 2 is 1.59 bits per heavy atom. The number of alkyl halides is 6. The summed E-state index contributed by atoms with van der Waals surface area (Å²) in [5.41, 5.74) is 11.9. The number of carboxylic acids is 2. The standard InChI is InChI=1S/C28H30ClN9O2.2C2HF3O2/c1-7-40-25-19(10-20(29)15(2)22(25)17-8-9-21(31-11-17)28(39)36(4)5)16(3)38-27-23(26(30)32-14-33-27)24(35-38)18-12-34-37(6)13-18;2*3-2(4,5)1(6)7/h8-14,16H,7H2,1-6H3,(H2,30,32,33);2*(H,6,7). The zero-order valence-corrected chi connectivity index (χ0v) is 29.9. The third kappa shape index (κ3) is 9.70. The molecule has 4 aromatic heterocycles. The van der Waals surface area contributed by atoms with Gasteiger partial charge in [-0.3, -0.25) is 14.5 Å². The smallest absolute Gasteiger partial charge is 0.490 e. The number of aromatic nitrogens is 7. The van der Waals surface area contributed by atoms with E-state index in [1.165, 1.54) is 11.2 Å². The molecule has 0 saturated carbocycles. The first kappa shape index (κ1) is 42.4. The van der Waals surface area contributed by atoms with Gasteiger partial charge < -0.3 is 25.6 Å². The first-order valence-electron chi connectivity index (χ1n) is 15.2. The van der Waals surface area contributed by atoms with Crippen molar-refractivity contribution in [3.8, 4) is 28.1 Å². The van der Waals surface area contributed by atoms with Crippen LogP contribution in [-0.2, 0) is 16.6 Å². The van der Waals surface area contributed by atoms with Crippen LogP contribution in [0.15, 0.2) is 43.1 Å². The molecular formula is C32H32ClF6N9O6. The predicted molar refractivity (Wildman–Crippen MR) is 182 cm³/mol. The summed E-state index contributed by atoms with van der Waals surface area (Å²) in [5.74, 6) is -4.71. The fourth-order valence-electron chi connectivity index (χ4n) is 4.74.